The number of nitrogens with one attached hydrogen (secondary N) is 1. The van der Waals surface area contributed by atoms with Gasteiger partial charge in [-0.1, -0.05) is 0 Å². The molecule has 2 aromatic rings. The first kappa shape index (κ1) is 13.4. The maximum absolute atomic E-state index is 5.65. The average molecular weight is 262 g/mol. The summed E-state index contributed by atoms with van der Waals surface area (Å²) in [4.78, 5) is 8.61. The lowest BCUT2D eigenvalue weighted by atomic mass is 10.2. The molecule has 0 aliphatic heterocycles. The number of ether oxygens (including phenoxy) is 1. The van der Waals surface area contributed by atoms with Crippen LogP contribution in [0.5, 0.6) is 5.75 Å². The topological polar surface area (TPSA) is 90.9 Å². The van der Waals surface area contributed by atoms with Crippen LogP contribution >= 0.6 is 0 Å². The van der Waals surface area contributed by atoms with Gasteiger partial charge in [-0.3, -0.25) is 10.5 Å². The van der Waals surface area contributed by atoms with Gasteiger partial charge in [0.15, 0.2) is 11.6 Å². The van der Waals surface area contributed by atoms with E-state index in [9.17, 15) is 0 Å². The van der Waals surface area contributed by atoms with Crippen molar-refractivity contribution in [1.29, 1.82) is 0 Å². The predicted octanol–water partition coefficient (Wildman–Crippen LogP) is 0.563. The van der Waals surface area contributed by atoms with Crippen molar-refractivity contribution >= 4 is 0 Å². The third kappa shape index (κ3) is 2.56. The van der Waals surface area contributed by atoms with E-state index in [4.69, 9.17) is 10.6 Å². The van der Waals surface area contributed by atoms with E-state index in [-0.39, 0.29) is 6.04 Å². The van der Waals surface area contributed by atoms with Gasteiger partial charge >= 0.3 is 0 Å². The van der Waals surface area contributed by atoms with Crippen molar-refractivity contribution in [2.75, 3.05) is 7.11 Å². The highest BCUT2D eigenvalue weighted by atomic mass is 16.5. The first-order valence-electron chi connectivity index (χ1n) is 6.05. The Morgan fingerprint density at radius 2 is 2.05 bits per heavy atom. The van der Waals surface area contributed by atoms with E-state index >= 15 is 0 Å². The Kier molecular flexibility index (Phi) is 4.08. The van der Waals surface area contributed by atoms with Gasteiger partial charge in [-0.25, -0.2) is 15.4 Å². The average Bonchev–Trinajstić information content (AvgIpc) is 2.85. The lowest BCUT2D eigenvalue weighted by molar-refractivity contribution is 0.397. The second-order valence-corrected chi connectivity index (χ2v) is 4.13. The zero-order valence-corrected chi connectivity index (χ0v) is 11.3. The smallest absolute Gasteiger partial charge is 0.162 e. The summed E-state index contributed by atoms with van der Waals surface area (Å²) in [7, 11) is 1.60. The zero-order valence-electron chi connectivity index (χ0n) is 11.3. The van der Waals surface area contributed by atoms with Gasteiger partial charge in [0, 0.05) is 18.9 Å². The molecule has 0 saturated carbocycles. The lowest BCUT2D eigenvalue weighted by Gasteiger charge is -2.17. The number of methoxy groups -OCH3 is 1. The normalized spacial score (nSPS) is 12.4. The Bertz CT molecular complexity index is 514. The molecular formula is C12H18N6O. The molecule has 3 N–H and O–H groups in total. The molecule has 0 amide bonds. The minimum absolute atomic E-state index is 0.363. The standard InChI is InChI=1S/C12H18N6O/c1-4-18-11(9(19-3)7-16-18)10(17-13)12-14-5-8(2)6-15-12/h5-7,10,17H,4,13H2,1-3H3. The predicted molar refractivity (Wildman–Crippen MR) is 70.4 cm³/mol. The Hall–Kier alpha value is -1.99. The summed E-state index contributed by atoms with van der Waals surface area (Å²) in [6.07, 6.45) is 5.18. The summed E-state index contributed by atoms with van der Waals surface area (Å²) in [5.41, 5.74) is 4.54. The first-order valence-corrected chi connectivity index (χ1v) is 6.05. The van der Waals surface area contributed by atoms with E-state index in [1.165, 1.54) is 0 Å². The molecule has 0 aromatic carbocycles. The van der Waals surface area contributed by atoms with Gasteiger partial charge < -0.3 is 4.74 Å². The molecular weight excluding hydrogens is 244 g/mol. The summed E-state index contributed by atoms with van der Waals surface area (Å²) in [5.74, 6) is 6.90. The van der Waals surface area contributed by atoms with Gasteiger partial charge in [0.05, 0.1) is 13.3 Å². The van der Waals surface area contributed by atoms with Gasteiger partial charge in [0.1, 0.15) is 11.7 Å². The van der Waals surface area contributed by atoms with Crippen molar-refractivity contribution in [3.05, 3.63) is 35.7 Å². The first-order chi connectivity index (χ1) is 9.21. The Morgan fingerprint density at radius 3 is 2.58 bits per heavy atom. The molecule has 0 fully saturated rings. The Balaban J connectivity index is 2.46. The van der Waals surface area contributed by atoms with Crippen molar-refractivity contribution < 1.29 is 4.74 Å². The molecule has 0 aliphatic rings. The van der Waals surface area contributed by atoms with Crippen molar-refractivity contribution in [3.8, 4) is 5.75 Å². The van der Waals surface area contributed by atoms with Gasteiger partial charge in [0.2, 0.25) is 0 Å². The van der Waals surface area contributed by atoms with Gasteiger partial charge in [-0.15, -0.1) is 0 Å². The van der Waals surface area contributed by atoms with E-state index in [0.717, 1.165) is 11.3 Å². The van der Waals surface area contributed by atoms with E-state index < -0.39 is 0 Å². The van der Waals surface area contributed by atoms with Crippen molar-refractivity contribution in [3.63, 3.8) is 0 Å². The SMILES string of the molecule is CCn1ncc(OC)c1C(NN)c1ncc(C)cn1. The van der Waals surface area contributed by atoms with Gasteiger partial charge in [0.25, 0.3) is 0 Å². The number of hydrazine groups is 1. The number of aromatic nitrogens is 4. The fraction of sp³-hybridized carbons (Fsp3) is 0.417. The van der Waals surface area contributed by atoms with Crippen LogP contribution in [-0.4, -0.2) is 26.9 Å². The van der Waals surface area contributed by atoms with Crippen LogP contribution < -0.4 is 16.0 Å². The summed E-state index contributed by atoms with van der Waals surface area (Å²) >= 11 is 0. The molecule has 1 unspecified atom stereocenters. The molecule has 7 heteroatoms. The number of nitrogens with two attached hydrogens (primary N) is 1. The van der Waals surface area contributed by atoms with E-state index in [1.54, 1.807) is 25.7 Å². The minimum Gasteiger partial charge on any atom is -0.493 e. The molecule has 1 atom stereocenters. The van der Waals surface area contributed by atoms with Crippen LogP contribution in [0.2, 0.25) is 0 Å². The van der Waals surface area contributed by atoms with Crippen molar-refractivity contribution in [1.82, 2.24) is 25.2 Å². The molecule has 0 radical (unpaired) electrons. The molecule has 0 saturated heterocycles. The van der Waals surface area contributed by atoms with E-state index in [0.29, 0.717) is 18.1 Å². The summed E-state index contributed by atoms with van der Waals surface area (Å²) in [6, 6.07) is -0.363. The fourth-order valence-electron chi connectivity index (χ4n) is 1.91. The lowest BCUT2D eigenvalue weighted by Crippen LogP contribution is -2.32. The number of rotatable bonds is 5. The molecule has 2 heterocycles. The second kappa shape index (κ2) is 5.77. The van der Waals surface area contributed by atoms with Crippen LogP contribution in [0.3, 0.4) is 0 Å². The number of aryl methyl sites for hydroxylation is 2. The van der Waals surface area contributed by atoms with Crippen LogP contribution in [0, 0.1) is 6.92 Å². The molecule has 19 heavy (non-hydrogen) atoms. The van der Waals surface area contributed by atoms with Crippen LogP contribution in [0.1, 0.15) is 30.0 Å². The Morgan fingerprint density at radius 1 is 1.37 bits per heavy atom. The van der Waals surface area contributed by atoms with Crippen LogP contribution in [0.15, 0.2) is 18.6 Å². The fourth-order valence-corrected chi connectivity index (χ4v) is 1.91. The summed E-state index contributed by atoms with van der Waals surface area (Å²) in [6.45, 7) is 4.65. The molecule has 102 valence electrons. The molecule has 7 nitrogen and oxygen atoms in total. The maximum Gasteiger partial charge on any atom is 0.162 e. The third-order valence-corrected chi connectivity index (χ3v) is 2.86. The summed E-state index contributed by atoms with van der Waals surface area (Å²) in [5, 5.41) is 4.26. The van der Waals surface area contributed by atoms with Gasteiger partial charge in [-0.05, 0) is 19.4 Å². The van der Waals surface area contributed by atoms with Crippen LogP contribution in [0.25, 0.3) is 0 Å². The second-order valence-electron chi connectivity index (χ2n) is 4.13. The highest BCUT2D eigenvalue weighted by molar-refractivity contribution is 5.32. The van der Waals surface area contributed by atoms with E-state index in [2.05, 4.69) is 20.5 Å². The van der Waals surface area contributed by atoms with Crippen LogP contribution in [-0.2, 0) is 6.54 Å². The molecule has 2 rings (SSSR count). The monoisotopic (exact) mass is 262 g/mol. The summed E-state index contributed by atoms with van der Waals surface area (Å²) < 4.78 is 7.13. The number of nitrogens with zero attached hydrogens (tertiary/aromatic N) is 4. The largest absolute Gasteiger partial charge is 0.493 e. The molecule has 0 aliphatic carbocycles. The molecule has 0 spiro atoms. The number of hydrogen-bond donors (Lipinski definition) is 2. The van der Waals surface area contributed by atoms with Crippen LogP contribution in [0.4, 0.5) is 0 Å². The third-order valence-electron chi connectivity index (χ3n) is 2.86. The molecule has 2 aromatic heterocycles. The zero-order chi connectivity index (χ0) is 13.8. The minimum atomic E-state index is -0.363. The highest BCUT2D eigenvalue weighted by Crippen LogP contribution is 2.27. The molecule has 0 bridgehead atoms. The maximum atomic E-state index is 5.65. The van der Waals surface area contributed by atoms with E-state index in [1.807, 2.05) is 18.5 Å². The number of hydrogen-bond acceptors (Lipinski definition) is 6. The highest BCUT2D eigenvalue weighted by Gasteiger charge is 2.24. The Labute approximate surface area is 111 Å². The van der Waals surface area contributed by atoms with Crippen molar-refractivity contribution in [2.24, 2.45) is 5.84 Å². The van der Waals surface area contributed by atoms with Crippen molar-refractivity contribution in [2.45, 2.75) is 26.4 Å². The quantitative estimate of drug-likeness (QED) is 0.604. The van der Waals surface area contributed by atoms with Gasteiger partial charge in [-0.2, -0.15) is 5.10 Å².